The maximum Gasteiger partial charge on any atom is 0.303 e. The SMILES string of the molecule is COCCC[n+]1ccc(CCC(=O)O)cc1. The van der Waals surface area contributed by atoms with Gasteiger partial charge in [-0.3, -0.25) is 4.79 Å². The van der Waals surface area contributed by atoms with Crippen LogP contribution >= 0.6 is 0 Å². The average Bonchev–Trinajstić information content (AvgIpc) is 2.28. The fourth-order valence-electron chi connectivity index (χ4n) is 1.45. The largest absolute Gasteiger partial charge is 0.481 e. The first-order chi connectivity index (χ1) is 7.72. The lowest BCUT2D eigenvalue weighted by Gasteiger charge is -1.99. The van der Waals surface area contributed by atoms with Crippen molar-refractivity contribution in [2.75, 3.05) is 13.7 Å². The molecule has 16 heavy (non-hydrogen) atoms. The molecule has 4 heteroatoms. The van der Waals surface area contributed by atoms with Gasteiger partial charge in [-0.2, -0.15) is 0 Å². The molecule has 0 atom stereocenters. The maximum atomic E-state index is 10.4. The van der Waals surface area contributed by atoms with E-state index in [1.54, 1.807) is 7.11 Å². The van der Waals surface area contributed by atoms with Gasteiger partial charge in [0.15, 0.2) is 18.9 Å². The zero-order chi connectivity index (χ0) is 11.8. The zero-order valence-electron chi connectivity index (χ0n) is 9.56. The molecule has 88 valence electrons. The van der Waals surface area contributed by atoms with Gasteiger partial charge in [0.1, 0.15) is 0 Å². The first kappa shape index (κ1) is 12.6. The number of carboxylic acids is 1. The molecule has 0 amide bonds. The van der Waals surface area contributed by atoms with Gasteiger partial charge in [0.05, 0.1) is 6.61 Å². The Morgan fingerprint density at radius 3 is 2.69 bits per heavy atom. The average molecular weight is 224 g/mol. The fourth-order valence-corrected chi connectivity index (χ4v) is 1.45. The third-order valence-electron chi connectivity index (χ3n) is 2.35. The third-order valence-corrected chi connectivity index (χ3v) is 2.35. The summed E-state index contributed by atoms with van der Waals surface area (Å²) < 4.78 is 7.05. The Kier molecular flexibility index (Phi) is 5.50. The highest BCUT2D eigenvalue weighted by Crippen LogP contribution is 2.00. The van der Waals surface area contributed by atoms with E-state index in [1.165, 1.54) is 0 Å². The Labute approximate surface area is 95.5 Å². The second-order valence-electron chi connectivity index (χ2n) is 3.68. The normalized spacial score (nSPS) is 10.3. The first-order valence-corrected chi connectivity index (χ1v) is 5.41. The van der Waals surface area contributed by atoms with E-state index in [9.17, 15) is 4.79 Å². The maximum absolute atomic E-state index is 10.4. The van der Waals surface area contributed by atoms with Crippen LogP contribution in [0.4, 0.5) is 0 Å². The summed E-state index contributed by atoms with van der Waals surface area (Å²) in [5, 5.41) is 8.55. The molecule has 0 radical (unpaired) electrons. The van der Waals surface area contributed by atoms with E-state index in [0.717, 1.165) is 25.1 Å². The molecule has 1 heterocycles. The Morgan fingerprint density at radius 1 is 1.44 bits per heavy atom. The van der Waals surface area contributed by atoms with Crippen molar-refractivity contribution in [1.29, 1.82) is 0 Å². The molecule has 0 fully saturated rings. The van der Waals surface area contributed by atoms with Crippen LogP contribution in [0.3, 0.4) is 0 Å². The van der Waals surface area contributed by atoms with Gasteiger partial charge < -0.3 is 9.84 Å². The van der Waals surface area contributed by atoms with E-state index in [-0.39, 0.29) is 6.42 Å². The zero-order valence-corrected chi connectivity index (χ0v) is 9.56. The van der Waals surface area contributed by atoms with E-state index in [0.29, 0.717) is 6.42 Å². The minimum Gasteiger partial charge on any atom is -0.481 e. The summed E-state index contributed by atoms with van der Waals surface area (Å²) in [6.07, 6.45) is 5.72. The molecule has 1 aromatic rings. The number of aryl methyl sites for hydroxylation is 2. The summed E-state index contributed by atoms with van der Waals surface area (Å²) in [5.74, 6) is -0.753. The number of hydrogen-bond acceptors (Lipinski definition) is 2. The number of rotatable bonds is 7. The van der Waals surface area contributed by atoms with E-state index in [4.69, 9.17) is 9.84 Å². The van der Waals surface area contributed by atoms with Crippen LogP contribution in [0.1, 0.15) is 18.4 Å². The highest BCUT2D eigenvalue weighted by atomic mass is 16.5. The lowest BCUT2D eigenvalue weighted by Crippen LogP contribution is -2.33. The van der Waals surface area contributed by atoms with Gasteiger partial charge in [-0.05, 0) is 12.0 Å². The highest BCUT2D eigenvalue weighted by molar-refractivity contribution is 5.67. The Bertz CT molecular complexity index is 322. The molecule has 0 saturated heterocycles. The Balaban J connectivity index is 2.38. The lowest BCUT2D eigenvalue weighted by atomic mass is 10.1. The number of carboxylic acid groups (broad SMARTS) is 1. The molecule has 0 aliphatic heterocycles. The molecular formula is C12H18NO3+. The molecule has 0 aliphatic carbocycles. The van der Waals surface area contributed by atoms with Crippen LogP contribution < -0.4 is 4.57 Å². The fraction of sp³-hybridized carbons (Fsp3) is 0.500. The Morgan fingerprint density at radius 2 is 2.12 bits per heavy atom. The highest BCUT2D eigenvalue weighted by Gasteiger charge is 2.02. The second-order valence-corrected chi connectivity index (χ2v) is 3.68. The van der Waals surface area contributed by atoms with Crippen LogP contribution in [0.25, 0.3) is 0 Å². The van der Waals surface area contributed by atoms with Crippen molar-refractivity contribution in [3.05, 3.63) is 30.1 Å². The van der Waals surface area contributed by atoms with Gasteiger partial charge in [0.2, 0.25) is 0 Å². The predicted octanol–water partition coefficient (Wildman–Crippen LogP) is 1.03. The number of ether oxygens (including phenoxy) is 1. The topological polar surface area (TPSA) is 50.4 Å². The molecule has 4 nitrogen and oxygen atoms in total. The van der Waals surface area contributed by atoms with Crippen molar-refractivity contribution in [3.63, 3.8) is 0 Å². The number of pyridine rings is 1. The molecule has 0 saturated carbocycles. The second kappa shape index (κ2) is 6.95. The van der Waals surface area contributed by atoms with Crippen LogP contribution in [0.5, 0.6) is 0 Å². The minimum absolute atomic E-state index is 0.188. The Hall–Kier alpha value is -1.42. The number of aromatic nitrogens is 1. The van der Waals surface area contributed by atoms with Gasteiger partial charge in [0, 0.05) is 32.1 Å². The lowest BCUT2D eigenvalue weighted by molar-refractivity contribution is -0.697. The number of aliphatic carboxylic acids is 1. The number of carbonyl (C=O) groups is 1. The quantitative estimate of drug-likeness (QED) is 0.556. The first-order valence-electron chi connectivity index (χ1n) is 5.41. The molecule has 0 unspecified atom stereocenters. The van der Waals surface area contributed by atoms with Crippen molar-refractivity contribution in [2.24, 2.45) is 0 Å². The molecule has 1 rings (SSSR count). The predicted molar refractivity (Wildman–Crippen MR) is 59.1 cm³/mol. The van der Waals surface area contributed by atoms with Crippen molar-refractivity contribution in [2.45, 2.75) is 25.8 Å². The van der Waals surface area contributed by atoms with Crippen molar-refractivity contribution in [1.82, 2.24) is 0 Å². The van der Waals surface area contributed by atoms with Crippen LogP contribution in [0, 0.1) is 0 Å². The summed E-state index contributed by atoms with van der Waals surface area (Å²) in [4.78, 5) is 10.4. The van der Waals surface area contributed by atoms with E-state index < -0.39 is 5.97 Å². The monoisotopic (exact) mass is 224 g/mol. The molecule has 0 aliphatic rings. The van der Waals surface area contributed by atoms with Crippen molar-refractivity contribution < 1.29 is 19.2 Å². The summed E-state index contributed by atoms with van der Waals surface area (Å²) >= 11 is 0. The van der Waals surface area contributed by atoms with Crippen LogP contribution in [-0.2, 0) is 22.5 Å². The van der Waals surface area contributed by atoms with Gasteiger partial charge in [-0.1, -0.05) is 0 Å². The summed E-state index contributed by atoms with van der Waals surface area (Å²) in [7, 11) is 1.69. The van der Waals surface area contributed by atoms with Crippen LogP contribution in [0.15, 0.2) is 24.5 Å². The standard InChI is InChI=1S/C12H17NO3/c1-16-10-2-7-13-8-5-11(6-9-13)3-4-12(14)15/h5-6,8-9H,2-4,7,10H2,1H3/p+1. The number of methoxy groups -OCH3 is 1. The van der Waals surface area contributed by atoms with Crippen LogP contribution in [0.2, 0.25) is 0 Å². The summed E-state index contributed by atoms with van der Waals surface area (Å²) in [6, 6.07) is 3.94. The molecule has 1 aromatic heterocycles. The summed E-state index contributed by atoms with van der Waals surface area (Å²) in [5.41, 5.74) is 1.06. The van der Waals surface area contributed by atoms with E-state index >= 15 is 0 Å². The van der Waals surface area contributed by atoms with E-state index in [2.05, 4.69) is 4.57 Å². The number of hydrogen-bond donors (Lipinski definition) is 1. The molecule has 0 spiro atoms. The number of nitrogens with zero attached hydrogens (tertiary/aromatic N) is 1. The smallest absolute Gasteiger partial charge is 0.303 e. The van der Waals surface area contributed by atoms with Gasteiger partial charge in [-0.25, -0.2) is 4.57 Å². The molecule has 1 N–H and O–H groups in total. The third kappa shape index (κ3) is 4.89. The van der Waals surface area contributed by atoms with Crippen molar-refractivity contribution in [3.8, 4) is 0 Å². The van der Waals surface area contributed by atoms with Gasteiger partial charge in [0.25, 0.3) is 0 Å². The van der Waals surface area contributed by atoms with Gasteiger partial charge in [-0.15, -0.1) is 0 Å². The minimum atomic E-state index is -0.753. The van der Waals surface area contributed by atoms with Gasteiger partial charge >= 0.3 is 5.97 Å². The van der Waals surface area contributed by atoms with Crippen LogP contribution in [-0.4, -0.2) is 24.8 Å². The van der Waals surface area contributed by atoms with Crippen molar-refractivity contribution >= 4 is 5.97 Å². The molecule has 0 aromatic carbocycles. The summed E-state index contributed by atoms with van der Waals surface area (Å²) in [6.45, 7) is 1.68. The van der Waals surface area contributed by atoms with E-state index in [1.807, 2.05) is 24.5 Å². The molecule has 0 bridgehead atoms. The molecular weight excluding hydrogens is 206 g/mol.